The van der Waals surface area contributed by atoms with E-state index in [4.69, 9.17) is 5.73 Å². The Balaban J connectivity index is 2.41. The van der Waals surface area contributed by atoms with Crippen LogP contribution in [0.25, 0.3) is 0 Å². The van der Waals surface area contributed by atoms with E-state index in [-0.39, 0.29) is 15.9 Å². The Morgan fingerprint density at radius 3 is 2.57 bits per heavy atom. The van der Waals surface area contributed by atoms with Crippen molar-refractivity contribution in [3.8, 4) is 0 Å². The molecule has 0 bridgehead atoms. The lowest BCUT2D eigenvalue weighted by Crippen LogP contribution is -2.34. The van der Waals surface area contributed by atoms with Gasteiger partial charge in [-0.3, -0.25) is 14.9 Å². The summed E-state index contributed by atoms with van der Waals surface area (Å²) in [7, 11) is -3.66. The van der Waals surface area contributed by atoms with Crippen LogP contribution in [-0.4, -0.2) is 50.0 Å². The SMILES string of the molecule is CC1(CN)CCN(C(=O)c2cc([N+](=O)[O-])cc(S(C)(=O)=O)c2)C1. The number of nitrogens with two attached hydrogens (primary N) is 1. The van der Waals surface area contributed by atoms with Gasteiger partial charge in [-0.2, -0.15) is 0 Å². The molecule has 1 amide bonds. The summed E-state index contributed by atoms with van der Waals surface area (Å²) in [6.07, 6.45) is 1.69. The van der Waals surface area contributed by atoms with Gasteiger partial charge in [-0.25, -0.2) is 8.42 Å². The van der Waals surface area contributed by atoms with E-state index in [1.165, 1.54) is 6.07 Å². The normalized spacial score (nSPS) is 21.4. The third-order valence-electron chi connectivity index (χ3n) is 4.12. The summed E-state index contributed by atoms with van der Waals surface area (Å²) in [4.78, 5) is 24.2. The molecule has 0 saturated carbocycles. The lowest BCUT2D eigenvalue weighted by Gasteiger charge is -2.22. The molecule has 1 unspecified atom stereocenters. The van der Waals surface area contributed by atoms with E-state index in [1.807, 2.05) is 6.92 Å². The van der Waals surface area contributed by atoms with Gasteiger partial charge in [0.15, 0.2) is 9.84 Å². The summed E-state index contributed by atoms with van der Waals surface area (Å²) in [5.74, 6) is -0.421. The highest BCUT2D eigenvalue weighted by Gasteiger charge is 2.35. The van der Waals surface area contributed by atoms with Crippen molar-refractivity contribution >= 4 is 21.4 Å². The third-order valence-corrected chi connectivity index (χ3v) is 5.21. The Labute approximate surface area is 134 Å². The van der Waals surface area contributed by atoms with E-state index >= 15 is 0 Å². The molecule has 9 heteroatoms. The zero-order chi connectivity index (χ0) is 17.4. The molecule has 2 N–H and O–H groups in total. The van der Waals surface area contributed by atoms with E-state index in [0.717, 1.165) is 24.8 Å². The maximum Gasteiger partial charge on any atom is 0.271 e. The van der Waals surface area contributed by atoms with Crippen LogP contribution < -0.4 is 5.73 Å². The van der Waals surface area contributed by atoms with Gasteiger partial charge in [-0.15, -0.1) is 0 Å². The van der Waals surface area contributed by atoms with Crippen molar-refractivity contribution in [3.63, 3.8) is 0 Å². The van der Waals surface area contributed by atoms with Crippen LogP contribution in [-0.2, 0) is 9.84 Å². The maximum absolute atomic E-state index is 12.6. The predicted octanol–water partition coefficient (Wildman–Crippen LogP) is 0.809. The van der Waals surface area contributed by atoms with Crippen LogP contribution in [0.4, 0.5) is 5.69 Å². The summed E-state index contributed by atoms with van der Waals surface area (Å²) in [6.45, 7) is 3.33. The fourth-order valence-electron chi connectivity index (χ4n) is 2.57. The van der Waals surface area contributed by atoms with E-state index in [0.29, 0.717) is 19.6 Å². The van der Waals surface area contributed by atoms with Gasteiger partial charge in [0.1, 0.15) is 0 Å². The van der Waals surface area contributed by atoms with Gasteiger partial charge in [-0.1, -0.05) is 6.92 Å². The number of non-ortho nitro benzene ring substituents is 1. The summed E-state index contributed by atoms with van der Waals surface area (Å²) in [5, 5.41) is 11.0. The summed E-state index contributed by atoms with van der Waals surface area (Å²) in [5.41, 5.74) is 5.10. The summed E-state index contributed by atoms with van der Waals surface area (Å²) >= 11 is 0. The number of nitrogens with zero attached hydrogens (tertiary/aromatic N) is 2. The first kappa shape index (κ1) is 17.4. The van der Waals surface area contributed by atoms with Crippen LogP contribution in [0.15, 0.2) is 23.1 Å². The number of amides is 1. The first-order valence-electron chi connectivity index (χ1n) is 7.05. The number of benzene rings is 1. The van der Waals surface area contributed by atoms with Crippen molar-refractivity contribution in [1.82, 2.24) is 4.90 Å². The van der Waals surface area contributed by atoms with Crippen molar-refractivity contribution in [3.05, 3.63) is 33.9 Å². The molecule has 1 aromatic carbocycles. The Morgan fingerprint density at radius 2 is 2.09 bits per heavy atom. The highest BCUT2D eigenvalue weighted by molar-refractivity contribution is 7.90. The molecule has 23 heavy (non-hydrogen) atoms. The van der Waals surface area contributed by atoms with Crippen molar-refractivity contribution in [2.75, 3.05) is 25.9 Å². The Morgan fingerprint density at radius 1 is 1.43 bits per heavy atom. The lowest BCUT2D eigenvalue weighted by atomic mass is 9.90. The molecule has 1 aliphatic heterocycles. The van der Waals surface area contributed by atoms with Crippen molar-refractivity contribution in [2.24, 2.45) is 11.1 Å². The van der Waals surface area contributed by atoms with Crippen LogP contribution in [0.5, 0.6) is 0 Å². The van der Waals surface area contributed by atoms with Gasteiger partial charge < -0.3 is 10.6 Å². The molecule has 1 fully saturated rings. The Bertz CT molecular complexity index is 762. The van der Waals surface area contributed by atoms with Gasteiger partial charge in [0, 0.05) is 37.0 Å². The molecule has 1 aliphatic rings. The van der Waals surface area contributed by atoms with Crippen molar-refractivity contribution in [1.29, 1.82) is 0 Å². The molecule has 0 aliphatic carbocycles. The fraction of sp³-hybridized carbons (Fsp3) is 0.500. The van der Waals surface area contributed by atoms with Gasteiger partial charge in [0.2, 0.25) is 0 Å². The topological polar surface area (TPSA) is 124 Å². The average Bonchev–Trinajstić information content (AvgIpc) is 2.88. The zero-order valence-electron chi connectivity index (χ0n) is 13.0. The molecule has 1 saturated heterocycles. The number of rotatable bonds is 4. The van der Waals surface area contributed by atoms with Gasteiger partial charge >= 0.3 is 0 Å². The molecule has 0 radical (unpaired) electrons. The summed E-state index contributed by atoms with van der Waals surface area (Å²) in [6, 6.07) is 3.25. The van der Waals surface area contributed by atoms with Crippen LogP contribution >= 0.6 is 0 Å². The monoisotopic (exact) mass is 341 g/mol. The minimum Gasteiger partial charge on any atom is -0.338 e. The smallest absolute Gasteiger partial charge is 0.271 e. The van der Waals surface area contributed by atoms with E-state index < -0.39 is 26.4 Å². The molecule has 0 aromatic heterocycles. The van der Waals surface area contributed by atoms with Gasteiger partial charge in [0.25, 0.3) is 11.6 Å². The van der Waals surface area contributed by atoms with Crippen LogP contribution in [0.2, 0.25) is 0 Å². The Hall–Kier alpha value is -2.00. The average molecular weight is 341 g/mol. The number of carbonyl (C=O) groups is 1. The first-order valence-corrected chi connectivity index (χ1v) is 8.94. The van der Waals surface area contributed by atoms with E-state index in [2.05, 4.69) is 0 Å². The van der Waals surface area contributed by atoms with Crippen LogP contribution in [0.1, 0.15) is 23.7 Å². The quantitative estimate of drug-likeness (QED) is 0.638. The number of sulfone groups is 1. The molecule has 1 atom stereocenters. The highest BCUT2D eigenvalue weighted by atomic mass is 32.2. The second-order valence-electron chi connectivity index (χ2n) is 6.24. The van der Waals surface area contributed by atoms with Crippen molar-refractivity contribution < 1.29 is 18.1 Å². The van der Waals surface area contributed by atoms with Crippen LogP contribution in [0.3, 0.4) is 0 Å². The highest BCUT2D eigenvalue weighted by Crippen LogP contribution is 2.30. The van der Waals surface area contributed by atoms with Crippen LogP contribution in [0, 0.1) is 15.5 Å². The van der Waals surface area contributed by atoms with E-state index in [9.17, 15) is 23.3 Å². The molecule has 1 aromatic rings. The van der Waals surface area contributed by atoms with Gasteiger partial charge in [-0.05, 0) is 24.4 Å². The number of nitro groups is 1. The predicted molar refractivity (Wildman–Crippen MR) is 83.9 cm³/mol. The minimum absolute atomic E-state index is 0.000830. The third kappa shape index (κ3) is 3.67. The lowest BCUT2D eigenvalue weighted by molar-refractivity contribution is -0.385. The minimum atomic E-state index is -3.66. The number of carbonyl (C=O) groups excluding carboxylic acids is 1. The largest absolute Gasteiger partial charge is 0.338 e. The molecular formula is C14H19N3O5S. The number of likely N-dealkylation sites (tertiary alicyclic amines) is 1. The second-order valence-corrected chi connectivity index (χ2v) is 8.25. The van der Waals surface area contributed by atoms with Gasteiger partial charge in [0.05, 0.1) is 9.82 Å². The molecule has 2 rings (SSSR count). The van der Waals surface area contributed by atoms with Crippen molar-refractivity contribution in [2.45, 2.75) is 18.2 Å². The fourth-order valence-corrected chi connectivity index (χ4v) is 3.25. The summed E-state index contributed by atoms with van der Waals surface area (Å²) < 4.78 is 23.4. The zero-order valence-corrected chi connectivity index (χ0v) is 13.8. The maximum atomic E-state index is 12.6. The Kier molecular flexibility index (Phi) is 4.45. The molecule has 1 heterocycles. The molecule has 0 spiro atoms. The number of hydrogen-bond acceptors (Lipinski definition) is 6. The standard InChI is InChI=1S/C14H19N3O5S/c1-14(8-15)3-4-16(9-14)13(18)10-5-11(17(19)20)7-12(6-10)23(2,21)22/h5-7H,3-4,8-9,15H2,1-2H3. The molecular weight excluding hydrogens is 322 g/mol. The first-order chi connectivity index (χ1) is 10.6. The number of nitro benzene ring substituents is 1. The number of hydrogen-bond donors (Lipinski definition) is 1. The molecule has 8 nitrogen and oxygen atoms in total. The second kappa shape index (κ2) is 5.89. The van der Waals surface area contributed by atoms with E-state index in [1.54, 1.807) is 4.90 Å². The molecule has 126 valence electrons.